The predicted molar refractivity (Wildman–Crippen MR) is 132 cm³/mol. The first kappa shape index (κ1) is 23.4. The fourth-order valence-corrected chi connectivity index (χ4v) is 10.2. The van der Waals surface area contributed by atoms with Crippen LogP contribution in [-0.2, 0) is 24.8 Å². The first-order valence-corrected chi connectivity index (χ1v) is 14.8. The molecule has 0 N–H and O–H groups in total. The lowest BCUT2D eigenvalue weighted by Gasteiger charge is -2.60. The first-order chi connectivity index (χ1) is 16.7. The molecule has 0 saturated heterocycles. The van der Waals surface area contributed by atoms with E-state index in [1.807, 2.05) is 24.3 Å². The minimum atomic E-state index is -3.73. The monoisotopic (exact) mass is 493 g/mol. The fourth-order valence-electron chi connectivity index (χ4n) is 9.16. The van der Waals surface area contributed by atoms with E-state index in [1.54, 1.807) is 12.1 Å². The first-order valence-electron chi connectivity index (χ1n) is 13.2. The van der Waals surface area contributed by atoms with Crippen LogP contribution in [0.1, 0.15) is 57.9 Å². The molecule has 0 aliphatic heterocycles. The highest BCUT2D eigenvalue weighted by molar-refractivity contribution is 7.85. The minimum absolute atomic E-state index is 0.0658. The van der Waals surface area contributed by atoms with E-state index in [0.29, 0.717) is 41.6 Å². The standard InChI is InChI=1S/C29H35NO4S/c1-28-10-8-20(31)13-25(28)19(16-34-35(32,33)17-18-6-4-3-5-7-18)12-23-24(28)9-11-29(2)26(15-30)21-14-22(21)27(23)29/h3-7,13,19,21-24,26-27H,8-12,14,16-17H2,1-2H3/t19-,21+,22-,23+,24-,26-,27-,28+,29+/m0/s1. The van der Waals surface area contributed by atoms with Crippen LogP contribution >= 0.6 is 0 Å². The summed E-state index contributed by atoms with van der Waals surface area (Å²) < 4.78 is 31.4. The van der Waals surface area contributed by atoms with Gasteiger partial charge in [0.15, 0.2) is 5.78 Å². The highest BCUT2D eigenvalue weighted by Gasteiger charge is 2.70. The molecule has 5 aliphatic carbocycles. The summed E-state index contributed by atoms with van der Waals surface area (Å²) in [6, 6.07) is 11.8. The highest BCUT2D eigenvalue weighted by Crippen LogP contribution is 2.75. The lowest BCUT2D eigenvalue weighted by atomic mass is 9.44. The van der Waals surface area contributed by atoms with Gasteiger partial charge in [-0.05, 0) is 84.2 Å². The summed E-state index contributed by atoms with van der Waals surface area (Å²) in [5.74, 6) is 2.76. The molecule has 6 rings (SSSR count). The van der Waals surface area contributed by atoms with Crippen LogP contribution in [0.5, 0.6) is 0 Å². The molecular weight excluding hydrogens is 458 g/mol. The molecule has 0 bridgehead atoms. The van der Waals surface area contributed by atoms with Gasteiger partial charge in [0.05, 0.1) is 18.6 Å². The molecule has 5 nitrogen and oxygen atoms in total. The zero-order valence-electron chi connectivity index (χ0n) is 20.7. The summed E-state index contributed by atoms with van der Waals surface area (Å²) in [4.78, 5) is 12.5. The molecule has 0 amide bonds. The summed E-state index contributed by atoms with van der Waals surface area (Å²) in [6.07, 6.45) is 7.46. The number of nitriles is 1. The number of hydrogen-bond acceptors (Lipinski definition) is 5. The molecule has 0 spiro atoms. The zero-order valence-corrected chi connectivity index (χ0v) is 21.5. The maximum atomic E-state index is 12.9. The quantitative estimate of drug-likeness (QED) is 0.521. The molecule has 186 valence electrons. The van der Waals surface area contributed by atoms with Crippen LogP contribution in [0.4, 0.5) is 0 Å². The largest absolute Gasteiger partial charge is 0.295 e. The Balaban J connectivity index is 1.29. The Kier molecular flexibility index (Phi) is 5.37. The van der Waals surface area contributed by atoms with Crippen molar-refractivity contribution in [1.82, 2.24) is 0 Å². The number of rotatable bonds is 5. The van der Waals surface area contributed by atoms with Crippen molar-refractivity contribution >= 4 is 15.9 Å². The second kappa shape index (κ2) is 8.02. The van der Waals surface area contributed by atoms with E-state index in [1.165, 1.54) is 6.42 Å². The summed E-state index contributed by atoms with van der Waals surface area (Å²) in [5, 5.41) is 9.99. The van der Waals surface area contributed by atoms with E-state index in [2.05, 4.69) is 19.9 Å². The minimum Gasteiger partial charge on any atom is -0.295 e. The van der Waals surface area contributed by atoms with Crippen molar-refractivity contribution in [3.05, 3.63) is 47.5 Å². The van der Waals surface area contributed by atoms with Gasteiger partial charge < -0.3 is 0 Å². The molecule has 1 aromatic rings. The van der Waals surface area contributed by atoms with Gasteiger partial charge in [0, 0.05) is 12.3 Å². The lowest BCUT2D eigenvalue weighted by Crippen LogP contribution is -2.54. The molecule has 35 heavy (non-hydrogen) atoms. The van der Waals surface area contributed by atoms with Gasteiger partial charge in [-0.15, -0.1) is 0 Å². The average molecular weight is 494 g/mol. The van der Waals surface area contributed by atoms with Gasteiger partial charge in [0.25, 0.3) is 10.1 Å². The molecule has 6 heteroatoms. The van der Waals surface area contributed by atoms with Crippen LogP contribution in [0, 0.1) is 63.6 Å². The number of ketones is 1. The third-order valence-corrected chi connectivity index (χ3v) is 11.9. The number of benzene rings is 1. The Labute approximate surface area is 209 Å². The molecule has 0 unspecified atom stereocenters. The number of hydrogen-bond donors (Lipinski definition) is 0. The zero-order chi connectivity index (χ0) is 24.6. The van der Waals surface area contributed by atoms with Gasteiger partial charge in [-0.3, -0.25) is 8.98 Å². The van der Waals surface area contributed by atoms with Crippen LogP contribution < -0.4 is 0 Å². The van der Waals surface area contributed by atoms with Crippen LogP contribution in [0.25, 0.3) is 0 Å². The molecule has 5 aliphatic rings. The van der Waals surface area contributed by atoms with E-state index in [9.17, 15) is 18.5 Å². The summed E-state index contributed by atoms with van der Waals surface area (Å²) in [6.45, 7) is 4.77. The second-order valence-electron chi connectivity index (χ2n) is 12.4. The molecule has 0 aromatic heterocycles. The van der Waals surface area contributed by atoms with Crippen LogP contribution in [-0.4, -0.2) is 20.8 Å². The molecule has 4 saturated carbocycles. The van der Waals surface area contributed by atoms with Gasteiger partial charge in [-0.2, -0.15) is 13.7 Å². The van der Waals surface area contributed by atoms with Crippen molar-refractivity contribution in [2.75, 3.05) is 6.61 Å². The summed E-state index contributed by atoms with van der Waals surface area (Å²) in [5.41, 5.74) is 1.81. The van der Waals surface area contributed by atoms with Crippen LogP contribution in [0.3, 0.4) is 0 Å². The Morgan fingerprint density at radius 2 is 1.86 bits per heavy atom. The van der Waals surface area contributed by atoms with E-state index in [4.69, 9.17) is 4.18 Å². The number of carbonyl (C=O) groups excluding carboxylic acids is 1. The third kappa shape index (κ3) is 3.64. The molecule has 9 atom stereocenters. The molecule has 4 fully saturated rings. The summed E-state index contributed by atoms with van der Waals surface area (Å²) in [7, 11) is -3.73. The molecule has 1 aromatic carbocycles. The number of nitrogens with zero attached hydrogens (tertiary/aromatic N) is 1. The second-order valence-corrected chi connectivity index (χ2v) is 14.0. The topological polar surface area (TPSA) is 84.2 Å². The van der Waals surface area contributed by atoms with E-state index >= 15 is 0 Å². The highest BCUT2D eigenvalue weighted by atomic mass is 32.2. The van der Waals surface area contributed by atoms with Crippen molar-refractivity contribution in [2.24, 2.45) is 52.3 Å². The summed E-state index contributed by atoms with van der Waals surface area (Å²) >= 11 is 0. The maximum Gasteiger partial charge on any atom is 0.271 e. The number of carbonyl (C=O) groups is 1. The number of fused-ring (bicyclic) bond motifs is 7. The fraction of sp³-hybridized carbons (Fsp3) is 0.655. The van der Waals surface area contributed by atoms with Crippen molar-refractivity contribution < 1.29 is 17.4 Å². The van der Waals surface area contributed by atoms with Crippen LogP contribution in [0.2, 0.25) is 0 Å². The van der Waals surface area contributed by atoms with Gasteiger partial charge >= 0.3 is 0 Å². The Morgan fingerprint density at radius 1 is 1.09 bits per heavy atom. The van der Waals surface area contributed by atoms with Crippen molar-refractivity contribution in [3.8, 4) is 6.07 Å². The third-order valence-electron chi connectivity index (χ3n) is 10.7. The van der Waals surface area contributed by atoms with E-state index in [-0.39, 0.29) is 40.8 Å². The van der Waals surface area contributed by atoms with Crippen LogP contribution in [0.15, 0.2) is 42.0 Å². The lowest BCUT2D eigenvalue weighted by molar-refractivity contribution is -0.118. The van der Waals surface area contributed by atoms with Crippen molar-refractivity contribution in [1.29, 1.82) is 5.26 Å². The van der Waals surface area contributed by atoms with E-state index in [0.717, 1.165) is 31.3 Å². The Bertz CT molecular complexity index is 1220. The van der Waals surface area contributed by atoms with Gasteiger partial charge in [-0.25, -0.2) is 0 Å². The Morgan fingerprint density at radius 3 is 2.60 bits per heavy atom. The SMILES string of the molecule is C[C@]12CC[C@H]3[C@@H](C[C@@H](COS(=O)(=O)Cc4ccccc4)C4=CC(=O)CC[C@@]43C)[C@@H]1[C@H]1C[C@H]1[C@@H]2C#N. The molecule has 0 heterocycles. The molecule has 0 radical (unpaired) electrons. The average Bonchev–Trinajstić information content (AvgIpc) is 3.53. The van der Waals surface area contributed by atoms with Crippen molar-refractivity contribution in [3.63, 3.8) is 0 Å². The predicted octanol–water partition coefficient (Wildman–Crippen LogP) is 5.29. The normalized spacial score (nSPS) is 43.7. The van der Waals surface area contributed by atoms with Gasteiger partial charge in [-0.1, -0.05) is 49.8 Å². The molecular formula is C29H35NO4S. The van der Waals surface area contributed by atoms with Gasteiger partial charge in [0.2, 0.25) is 0 Å². The van der Waals surface area contributed by atoms with Crippen molar-refractivity contribution in [2.45, 2.75) is 58.1 Å². The Hall–Kier alpha value is -1.97. The smallest absolute Gasteiger partial charge is 0.271 e. The maximum absolute atomic E-state index is 12.9. The van der Waals surface area contributed by atoms with E-state index < -0.39 is 10.1 Å². The van der Waals surface area contributed by atoms with Gasteiger partial charge in [0.1, 0.15) is 5.75 Å².